The summed E-state index contributed by atoms with van der Waals surface area (Å²) in [6.07, 6.45) is 0. The van der Waals surface area contributed by atoms with Crippen LogP contribution in [0.25, 0.3) is 0 Å². The first kappa shape index (κ1) is 17.0. The highest BCUT2D eigenvalue weighted by Gasteiger charge is 2.23. The van der Waals surface area contributed by atoms with E-state index >= 15 is 0 Å². The van der Waals surface area contributed by atoms with Crippen LogP contribution in [0.2, 0.25) is 0 Å². The Hall–Kier alpha value is -2.03. The Morgan fingerprint density at radius 2 is 2.14 bits per heavy atom. The van der Waals surface area contributed by atoms with Crippen LogP contribution < -0.4 is 10.6 Å². The highest BCUT2D eigenvalue weighted by molar-refractivity contribution is 7.84. The van der Waals surface area contributed by atoms with E-state index in [2.05, 4.69) is 10.6 Å². The maximum Gasteiger partial charge on any atom is 0.285 e. The van der Waals surface area contributed by atoms with Crippen molar-refractivity contribution in [1.82, 2.24) is 5.32 Å². The fraction of sp³-hybridized carbons (Fsp3) is 0.417. The summed E-state index contributed by atoms with van der Waals surface area (Å²) in [7, 11) is 0.396. The molecule has 21 heavy (non-hydrogen) atoms. The number of carbonyl (C=O) groups excluding carboxylic acids is 1. The van der Waals surface area contributed by atoms with Crippen molar-refractivity contribution in [3.8, 4) is 0 Å². The first-order valence-electron chi connectivity index (χ1n) is 6.19. The van der Waals surface area contributed by atoms with Gasteiger partial charge < -0.3 is 10.6 Å². The van der Waals surface area contributed by atoms with Gasteiger partial charge in [0, 0.05) is 35.9 Å². The summed E-state index contributed by atoms with van der Waals surface area (Å²) in [5.74, 6) is -0.786. The maximum atomic E-state index is 13.5. The van der Waals surface area contributed by atoms with E-state index in [9.17, 15) is 23.5 Å². The summed E-state index contributed by atoms with van der Waals surface area (Å²) in [6.45, 7) is 1.88. The third kappa shape index (κ3) is 4.48. The molecule has 116 valence electrons. The number of nitro benzene ring substituents is 1. The van der Waals surface area contributed by atoms with Gasteiger partial charge in [-0.05, 0) is 6.07 Å². The first-order chi connectivity index (χ1) is 9.90. The van der Waals surface area contributed by atoms with Gasteiger partial charge in [-0.1, -0.05) is 6.92 Å². The summed E-state index contributed by atoms with van der Waals surface area (Å²) in [5.41, 5.74) is -0.864. The molecule has 0 saturated carbocycles. The molecule has 0 aromatic heterocycles. The lowest BCUT2D eigenvalue weighted by atomic mass is 10.1. The summed E-state index contributed by atoms with van der Waals surface area (Å²) in [4.78, 5) is 22.0. The molecule has 0 aliphatic heterocycles. The Kier molecular flexibility index (Phi) is 6.22. The lowest BCUT2D eigenvalue weighted by Gasteiger charge is -2.08. The second-order valence-corrected chi connectivity index (χ2v) is 5.91. The summed E-state index contributed by atoms with van der Waals surface area (Å²) < 4.78 is 24.8. The van der Waals surface area contributed by atoms with Crippen molar-refractivity contribution < 1.29 is 18.3 Å². The minimum Gasteiger partial charge on any atom is -0.386 e. The van der Waals surface area contributed by atoms with E-state index in [4.69, 9.17) is 0 Å². The predicted octanol–water partition coefficient (Wildman–Crippen LogP) is 1.27. The van der Waals surface area contributed by atoms with Crippen LogP contribution in [0.1, 0.15) is 17.3 Å². The molecular weight excluding hydrogens is 301 g/mol. The van der Waals surface area contributed by atoms with Crippen LogP contribution in [0, 0.1) is 15.9 Å². The number of carbonyl (C=O) groups is 1. The molecule has 1 atom stereocenters. The number of anilines is 1. The summed E-state index contributed by atoms with van der Waals surface area (Å²) in [5, 5.41) is 15.9. The molecule has 0 bridgehead atoms. The quantitative estimate of drug-likeness (QED) is 0.582. The minimum atomic E-state index is -1.04. The summed E-state index contributed by atoms with van der Waals surface area (Å²) >= 11 is 0. The van der Waals surface area contributed by atoms with Crippen molar-refractivity contribution in [3.05, 3.63) is 33.6 Å². The topological polar surface area (TPSA) is 101 Å². The fourth-order valence-corrected chi connectivity index (χ4v) is 2.22. The number of rotatable bonds is 7. The van der Waals surface area contributed by atoms with Crippen molar-refractivity contribution in [1.29, 1.82) is 0 Å². The molecule has 1 rings (SSSR count). The second-order valence-electron chi connectivity index (χ2n) is 4.04. The Morgan fingerprint density at radius 3 is 2.67 bits per heavy atom. The number of amides is 1. The van der Waals surface area contributed by atoms with Gasteiger partial charge in [0.15, 0.2) is 5.82 Å². The van der Waals surface area contributed by atoms with E-state index < -0.39 is 33.1 Å². The molecule has 0 heterocycles. The van der Waals surface area contributed by atoms with Gasteiger partial charge in [0.1, 0.15) is 5.56 Å². The zero-order valence-corrected chi connectivity index (χ0v) is 12.5. The highest BCUT2D eigenvalue weighted by Crippen LogP contribution is 2.25. The number of hydrogen-bond acceptors (Lipinski definition) is 5. The molecule has 0 fully saturated rings. The Balaban J connectivity index is 2.96. The van der Waals surface area contributed by atoms with Crippen LogP contribution in [0.15, 0.2) is 12.1 Å². The molecule has 1 unspecified atom stereocenters. The van der Waals surface area contributed by atoms with Gasteiger partial charge in [-0.15, -0.1) is 0 Å². The van der Waals surface area contributed by atoms with Gasteiger partial charge in [0.2, 0.25) is 0 Å². The van der Waals surface area contributed by atoms with Gasteiger partial charge in [0.25, 0.3) is 11.6 Å². The largest absolute Gasteiger partial charge is 0.386 e. The monoisotopic (exact) mass is 317 g/mol. The number of halogens is 1. The van der Waals surface area contributed by atoms with E-state index in [-0.39, 0.29) is 23.5 Å². The molecule has 1 aromatic carbocycles. The minimum absolute atomic E-state index is 0.0112. The van der Waals surface area contributed by atoms with Crippen LogP contribution >= 0.6 is 0 Å². The van der Waals surface area contributed by atoms with Crippen molar-refractivity contribution in [2.75, 3.05) is 30.4 Å². The fourth-order valence-electron chi connectivity index (χ4n) is 1.61. The van der Waals surface area contributed by atoms with Gasteiger partial charge in [-0.25, -0.2) is 4.39 Å². The van der Waals surface area contributed by atoms with Gasteiger partial charge in [0.05, 0.1) is 16.7 Å². The molecule has 0 saturated heterocycles. The molecule has 1 amide bonds. The number of hydrogen-bond donors (Lipinski definition) is 2. The van der Waals surface area contributed by atoms with Gasteiger partial charge in [-0.2, -0.15) is 0 Å². The lowest BCUT2D eigenvalue weighted by molar-refractivity contribution is -0.385. The number of benzene rings is 1. The van der Waals surface area contributed by atoms with Crippen LogP contribution in [0.3, 0.4) is 0 Å². The molecule has 0 radical (unpaired) electrons. The lowest BCUT2D eigenvalue weighted by Crippen LogP contribution is -2.28. The van der Waals surface area contributed by atoms with Crippen LogP contribution in [0.4, 0.5) is 15.8 Å². The average molecular weight is 317 g/mol. The van der Waals surface area contributed by atoms with Crippen LogP contribution in [0.5, 0.6) is 0 Å². The predicted molar refractivity (Wildman–Crippen MR) is 78.5 cm³/mol. The number of nitro groups is 1. The standard InChI is InChI=1S/C12H16FN3O4S/c1-3-21(20)5-4-15-12(17)8-6-10(14-2)9(13)7-11(8)16(18)19/h6-7,14H,3-5H2,1-2H3,(H,15,17). The zero-order chi connectivity index (χ0) is 16.0. The number of nitrogens with one attached hydrogen (secondary N) is 2. The Morgan fingerprint density at radius 1 is 1.48 bits per heavy atom. The van der Waals surface area contributed by atoms with Gasteiger partial charge >= 0.3 is 0 Å². The molecule has 2 N–H and O–H groups in total. The zero-order valence-electron chi connectivity index (χ0n) is 11.6. The second kappa shape index (κ2) is 7.67. The van der Waals surface area contributed by atoms with E-state index in [0.29, 0.717) is 11.8 Å². The smallest absolute Gasteiger partial charge is 0.285 e. The molecule has 0 aliphatic rings. The van der Waals surface area contributed by atoms with E-state index in [1.54, 1.807) is 6.92 Å². The molecule has 1 aromatic rings. The normalized spacial score (nSPS) is 11.8. The maximum absolute atomic E-state index is 13.5. The first-order valence-corrected chi connectivity index (χ1v) is 7.68. The van der Waals surface area contributed by atoms with E-state index in [1.807, 2.05) is 0 Å². The third-order valence-corrected chi connectivity index (χ3v) is 4.04. The van der Waals surface area contributed by atoms with Crippen LogP contribution in [-0.4, -0.2) is 40.1 Å². The van der Waals surface area contributed by atoms with E-state index in [0.717, 1.165) is 6.07 Å². The van der Waals surface area contributed by atoms with Crippen molar-refractivity contribution in [2.24, 2.45) is 0 Å². The van der Waals surface area contributed by atoms with Gasteiger partial charge in [-0.3, -0.25) is 19.1 Å². The third-order valence-electron chi connectivity index (χ3n) is 2.73. The molecule has 7 nitrogen and oxygen atoms in total. The molecular formula is C12H16FN3O4S. The SMILES string of the molecule is CCS(=O)CCNC(=O)c1cc(NC)c(F)cc1[N+](=O)[O-]. The van der Waals surface area contributed by atoms with Crippen molar-refractivity contribution >= 4 is 28.1 Å². The molecule has 0 aliphatic carbocycles. The Bertz CT molecular complexity index is 580. The molecule has 0 spiro atoms. The number of nitrogens with zero attached hydrogens (tertiary/aromatic N) is 1. The highest BCUT2D eigenvalue weighted by atomic mass is 32.2. The van der Waals surface area contributed by atoms with Crippen molar-refractivity contribution in [2.45, 2.75) is 6.92 Å². The van der Waals surface area contributed by atoms with Crippen LogP contribution in [-0.2, 0) is 10.8 Å². The Labute approximate surface area is 123 Å². The van der Waals surface area contributed by atoms with E-state index in [1.165, 1.54) is 7.05 Å². The molecule has 9 heteroatoms. The average Bonchev–Trinajstić information content (AvgIpc) is 2.46. The summed E-state index contributed by atoms with van der Waals surface area (Å²) in [6, 6.07) is 1.78. The van der Waals surface area contributed by atoms with Crippen molar-refractivity contribution in [3.63, 3.8) is 0 Å².